The van der Waals surface area contributed by atoms with Crippen LogP contribution in [0.5, 0.6) is 0 Å². The molecule has 0 saturated carbocycles. The summed E-state index contributed by atoms with van der Waals surface area (Å²) in [6.45, 7) is 0.127. The van der Waals surface area contributed by atoms with Crippen molar-refractivity contribution in [3.05, 3.63) is 61.7 Å². The lowest BCUT2D eigenvalue weighted by molar-refractivity contribution is 0.168. The second-order valence-corrected chi connectivity index (χ2v) is 8.48. The lowest BCUT2D eigenvalue weighted by atomic mass is 10.1. The molecule has 0 aliphatic carbocycles. The summed E-state index contributed by atoms with van der Waals surface area (Å²) in [5.41, 5.74) is 7.73. The number of pyridine rings is 1. The minimum Gasteiger partial charge on any atom is -0.412 e. The number of fused-ring (bicyclic) bond motifs is 1. The highest BCUT2D eigenvalue weighted by Crippen LogP contribution is 2.35. The first kappa shape index (κ1) is 21.6. The molecular weight excluding hydrogens is 459 g/mol. The molecule has 0 aliphatic heterocycles. The smallest absolute Gasteiger partial charge is 0.293 e. The maximum absolute atomic E-state index is 13.2. The number of aryl methyl sites for hydroxylation is 1. The maximum atomic E-state index is 13.2. The summed E-state index contributed by atoms with van der Waals surface area (Å²) in [7, 11) is 1.37. The van der Waals surface area contributed by atoms with Crippen LogP contribution in [-0.4, -0.2) is 33.5 Å². The minimum atomic E-state index is -0.469. The molecule has 3 N–H and O–H groups in total. The predicted octanol–water partition coefficient (Wildman–Crippen LogP) is 4.06. The van der Waals surface area contributed by atoms with Crippen molar-refractivity contribution < 1.29 is 9.94 Å². The summed E-state index contributed by atoms with van der Waals surface area (Å²) in [6, 6.07) is 8.54. The van der Waals surface area contributed by atoms with Crippen molar-refractivity contribution in [2.24, 2.45) is 0 Å². The zero-order valence-corrected chi connectivity index (χ0v) is 18.8. The second-order valence-electron chi connectivity index (χ2n) is 6.75. The normalized spacial score (nSPS) is 11.2. The number of anilines is 1. The van der Waals surface area contributed by atoms with E-state index in [1.54, 1.807) is 24.3 Å². The van der Waals surface area contributed by atoms with Gasteiger partial charge in [-0.05, 0) is 48.1 Å². The fourth-order valence-corrected chi connectivity index (χ4v) is 4.78. The first-order valence-corrected chi connectivity index (χ1v) is 11.0. The highest BCUT2D eigenvalue weighted by molar-refractivity contribution is 7.13. The van der Waals surface area contributed by atoms with E-state index in [1.165, 1.54) is 18.4 Å². The Morgan fingerprint density at radius 3 is 2.65 bits per heavy atom. The predicted molar refractivity (Wildman–Crippen MR) is 125 cm³/mol. The van der Waals surface area contributed by atoms with Gasteiger partial charge in [0.25, 0.3) is 5.56 Å². The van der Waals surface area contributed by atoms with Crippen LogP contribution in [-0.2, 0) is 6.42 Å². The first-order chi connectivity index (χ1) is 14.9. The summed E-state index contributed by atoms with van der Waals surface area (Å²) in [6.07, 6.45) is 1.42. The van der Waals surface area contributed by atoms with E-state index in [1.807, 2.05) is 11.4 Å². The molecule has 0 radical (unpaired) electrons. The molecule has 0 atom stereocenters. The summed E-state index contributed by atoms with van der Waals surface area (Å²) in [5.74, 6) is 0.583. The van der Waals surface area contributed by atoms with Crippen molar-refractivity contribution in [2.75, 3.05) is 19.5 Å². The van der Waals surface area contributed by atoms with Crippen LogP contribution >= 0.6 is 34.5 Å². The number of thiophene rings is 1. The Kier molecular flexibility index (Phi) is 6.15. The van der Waals surface area contributed by atoms with Gasteiger partial charge >= 0.3 is 0 Å². The second kappa shape index (κ2) is 8.84. The van der Waals surface area contributed by atoms with E-state index < -0.39 is 5.56 Å². The van der Waals surface area contributed by atoms with E-state index in [0.717, 1.165) is 21.6 Å². The number of hydrogen-bond acceptors (Lipinski definition) is 7. The quantitative estimate of drug-likeness (QED) is 0.434. The minimum absolute atomic E-state index is 0.127. The lowest BCUT2D eigenvalue weighted by Crippen LogP contribution is -2.27. The van der Waals surface area contributed by atoms with Crippen molar-refractivity contribution in [3.8, 4) is 21.8 Å². The Balaban J connectivity index is 1.92. The molecule has 7 nitrogen and oxygen atoms in total. The SMILES string of the molecule is COn1c(=O)c(-c2c(Cl)cccc2Cl)cc2c(N)nc(-c3cc(CCCO)cs3)nc21. The van der Waals surface area contributed by atoms with E-state index in [2.05, 4.69) is 9.97 Å². The number of aromatic nitrogens is 3. The van der Waals surface area contributed by atoms with Crippen LogP contribution in [0.3, 0.4) is 0 Å². The average molecular weight is 477 g/mol. The molecule has 3 heterocycles. The molecule has 4 aromatic rings. The fraction of sp³-hybridized carbons (Fsp3) is 0.190. The zero-order chi connectivity index (χ0) is 22.1. The fourth-order valence-electron chi connectivity index (χ4n) is 3.30. The van der Waals surface area contributed by atoms with Gasteiger partial charge in [-0.15, -0.1) is 16.1 Å². The molecule has 0 unspecified atom stereocenters. The van der Waals surface area contributed by atoms with Gasteiger partial charge in [-0.2, -0.15) is 0 Å². The van der Waals surface area contributed by atoms with Crippen molar-refractivity contribution in [1.29, 1.82) is 0 Å². The standard InChI is InChI=1S/C21H18Cl2N4O3S/c1-30-27-20-13(9-12(21(27)29)17-14(22)5-2-6-15(17)23)18(24)25-19(26-20)16-8-11(10-31-16)4-3-7-28/h2,5-6,8-10,28H,3-4,7H2,1H3,(H2,24,25,26). The number of halogens is 2. The number of aliphatic hydroxyl groups is 1. The van der Waals surface area contributed by atoms with Crippen LogP contribution in [0.2, 0.25) is 10.0 Å². The van der Waals surface area contributed by atoms with Crippen LogP contribution in [0.4, 0.5) is 5.82 Å². The molecule has 0 spiro atoms. The molecule has 10 heteroatoms. The van der Waals surface area contributed by atoms with Gasteiger partial charge in [-0.1, -0.05) is 29.3 Å². The molecule has 0 amide bonds. The molecule has 31 heavy (non-hydrogen) atoms. The van der Waals surface area contributed by atoms with E-state index in [0.29, 0.717) is 33.2 Å². The average Bonchev–Trinajstić information content (AvgIpc) is 3.22. The summed E-state index contributed by atoms with van der Waals surface area (Å²) < 4.78 is 1.06. The van der Waals surface area contributed by atoms with Crippen LogP contribution in [0, 0.1) is 0 Å². The van der Waals surface area contributed by atoms with E-state index in [-0.39, 0.29) is 23.6 Å². The van der Waals surface area contributed by atoms with Gasteiger partial charge in [-0.25, -0.2) is 9.97 Å². The zero-order valence-electron chi connectivity index (χ0n) is 16.4. The van der Waals surface area contributed by atoms with Gasteiger partial charge in [0, 0.05) is 12.2 Å². The Morgan fingerprint density at radius 2 is 1.97 bits per heavy atom. The summed E-state index contributed by atoms with van der Waals surface area (Å²) in [4.78, 5) is 28.3. The van der Waals surface area contributed by atoms with E-state index >= 15 is 0 Å². The number of hydrogen-bond donors (Lipinski definition) is 2. The molecule has 160 valence electrons. The van der Waals surface area contributed by atoms with Gasteiger partial charge in [0.1, 0.15) is 12.9 Å². The highest BCUT2D eigenvalue weighted by atomic mass is 35.5. The largest absolute Gasteiger partial charge is 0.412 e. The molecule has 0 saturated heterocycles. The van der Waals surface area contributed by atoms with E-state index in [9.17, 15) is 4.79 Å². The van der Waals surface area contributed by atoms with Gasteiger partial charge in [0.2, 0.25) is 0 Å². The molecule has 0 bridgehead atoms. The molecule has 0 fully saturated rings. The topological polar surface area (TPSA) is 103 Å². The monoisotopic (exact) mass is 476 g/mol. The lowest BCUT2D eigenvalue weighted by Gasteiger charge is -2.14. The van der Waals surface area contributed by atoms with Gasteiger partial charge in [-0.3, -0.25) is 4.79 Å². The Morgan fingerprint density at radius 1 is 1.23 bits per heavy atom. The molecule has 4 rings (SSSR count). The van der Waals surface area contributed by atoms with Crippen LogP contribution in [0.1, 0.15) is 12.0 Å². The third kappa shape index (κ3) is 3.99. The first-order valence-electron chi connectivity index (χ1n) is 9.35. The number of nitrogen functional groups attached to an aromatic ring is 1. The van der Waals surface area contributed by atoms with Crippen molar-refractivity contribution >= 4 is 51.4 Å². The molecule has 1 aromatic carbocycles. The van der Waals surface area contributed by atoms with Crippen molar-refractivity contribution in [1.82, 2.24) is 14.7 Å². The number of rotatable bonds is 6. The maximum Gasteiger partial charge on any atom is 0.293 e. The Bertz CT molecular complexity index is 1320. The Hall–Kier alpha value is -2.65. The molecule has 3 aromatic heterocycles. The number of benzene rings is 1. The van der Waals surface area contributed by atoms with Crippen LogP contribution < -0.4 is 16.1 Å². The molecular formula is C21H18Cl2N4O3S. The third-order valence-corrected chi connectivity index (χ3v) is 6.37. The van der Waals surface area contributed by atoms with Gasteiger partial charge in [0.05, 0.1) is 25.9 Å². The summed E-state index contributed by atoms with van der Waals surface area (Å²) >= 11 is 14.1. The number of aliphatic hydroxyl groups excluding tert-OH is 1. The van der Waals surface area contributed by atoms with Crippen molar-refractivity contribution in [2.45, 2.75) is 12.8 Å². The highest BCUT2D eigenvalue weighted by Gasteiger charge is 2.20. The van der Waals surface area contributed by atoms with Gasteiger partial charge in [0.15, 0.2) is 11.5 Å². The van der Waals surface area contributed by atoms with Gasteiger partial charge < -0.3 is 15.7 Å². The number of nitrogens with two attached hydrogens (primary N) is 1. The Labute approximate surface area is 191 Å². The number of nitrogens with zero attached hydrogens (tertiary/aromatic N) is 3. The van der Waals surface area contributed by atoms with Crippen molar-refractivity contribution in [3.63, 3.8) is 0 Å². The van der Waals surface area contributed by atoms with E-state index in [4.69, 9.17) is 38.9 Å². The van der Waals surface area contributed by atoms with Crippen LogP contribution in [0.25, 0.3) is 32.9 Å². The third-order valence-electron chi connectivity index (χ3n) is 4.76. The molecule has 0 aliphatic rings. The van der Waals surface area contributed by atoms with Crippen LogP contribution in [0.15, 0.2) is 40.5 Å². The summed E-state index contributed by atoms with van der Waals surface area (Å²) in [5, 5.41) is 12.1.